The summed E-state index contributed by atoms with van der Waals surface area (Å²) in [7, 11) is 0. The number of fused-ring (bicyclic) bond motifs is 2. The van der Waals surface area contributed by atoms with Gasteiger partial charge in [0.2, 0.25) is 0 Å². The summed E-state index contributed by atoms with van der Waals surface area (Å²) in [6.07, 6.45) is 5.54. The van der Waals surface area contributed by atoms with Crippen LogP contribution in [0.15, 0.2) is 24.3 Å². The van der Waals surface area contributed by atoms with Crippen molar-refractivity contribution in [1.29, 1.82) is 0 Å². The Kier molecular flexibility index (Phi) is 3.38. The molecule has 0 aliphatic heterocycles. The maximum atomic E-state index is 13.4. The van der Waals surface area contributed by atoms with Gasteiger partial charge in [-0.2, -0.15) is 0 Å². The van der Waals surface area contributed by atoms with E-state index in [9.17, 15) is 4.39 Å². The quantitative estimate of drug-likeness (QED) is 0.850. The molecule has 1 N–H and O–H groups in total. The molecule has 2 saturated carbocycles. The molecule has 0 saturated heterocycles. The van der Waals surface area contributed by atoms with Gasteiger partial charge < -0.3 is 5.32 Å². The number of hydrogen-bond acceptors (Lipinski definition) is 1. The summed E-state index contributed by atoms with van der Waals surface area (Å²) in [5, 5.41) is 3.59. The molecule has 0 heterocycles. The molecule has 0 aromatic heterocycles. The lowest BCUT2D eigenvalue weighted by atomic mass is 9.80. The highest BCUT2D eigenvalue weighted by atomic mass is 19.1. The van der Waals surface area contributed by atoms with Gasteiger partial charge in [0, 0.05) is 6.04 Å². The first kappa shape index (κ1) is 12.2. The summed E-state index contributed by atoms with van der Waals surface area (Å²) in [4.78, 5) is 0. The molecule has 4 atom stereocenters. The lowest BCUT2D eigenvalue weighted by molar-refractivity contribution is 0.252. The van der Waals surface area contributed by atoms with E-state index in [1.54, 1.807) is 6.07 Å². The van der Waals surface area contributed by atoms with Crippen molar-refractivity contribution in [2.24, 2.45) is 17.8 Å². The summed E-state index contributed by atoms with van der Waals surface area (Å²) in [5.41, 5.74) is 1.13. The Hall–Kier alpha value is -0.890. The second-order valence-electron chi connectivity index (χ2n) is 5.93. The van der Waals surface area contributed by atoms with Crippen molar-refractivity contribution >= 4 is 0 Å². The number of rotatable bonds is 4. The molecule has 2 heteroatoms. The van der Waals surface area contributed by atoms with Crippen molar-refractivity contribution in [3.63, 3.8) is 0 Å². The Morgan fingerprint density at radius 1 is 1.33 bits per heavy atom. The largest absolute Gasteiger partial charge is 0.310 e. The van der Waals surface area contributed by atoms with Crippen LogP contribution in [-0.2, 0) is 0 Å². The minimum Gasteiger partial charge on any atom is -0.310 e. The van der Waals surface area contributed by atoms with Gasteiger partial charge in [-0.3, -0.25) is 0 Å². The molecule has 1 aromatic carbocycles. The Labute approximate surface area is 109 Å². The highest BCUT2D eigenvalue weighted by Gasteiger charge is 2.43. The Balaban J connectivity index is 1.84. The van der Waals surface area contributed by atoms with Crippen LogP contribution in [-0.4, -0.2) is 6.54 Å². The predicted molar refractivity (Wildman–Crippen MR) is 71.8 cm³/mol. The summed E-state index contributed by atoms with van der Waals surface area (Å²) in [6.45, 7) is 3.09. The van der Waals surface area contributed by atoms with E-state index in [4.69, 9.17) is 0 Å². The number of hydrogen-bond donors (Lipinski definition) is 1. The van der Waals surface area contributed by atoms with Gasteiger partial charge in [0.15, 0.2) is 0 Å². The van der Waals surface area contributed by atoms with Crippen LogP contribution in [0.1, 0.15) is 44.2 Å². The molecule has 98 valence electrons. The van der Waals surface area contributed by atoms with Gasteiger partial charge in [0.1, 0.15) is 5.82 Å². The van der Waals surface area contributed by atoms with Crippen molar-refractivity contribution in [3.05, 3.63) is 35.6 Å². The highest BCUT2D eigenvalue weighted by molar-refractivity contribution is 5.22. The van der Waals surface area contributed by atoms with Crippen LogP contribution in [0, 0.1) is 23.6 Å². The van der Waals surface area contributed by atoms with E-state index >= 15 is 0 Å². The van der Waals surface area contributed by atoms with Crippen molar-refractivity contribution < 1.29 is 4.39 Å². The Morgan fingerprint density at radius 2 is 2.22 bits per heavy atom. The lowest BCUT2D eigenvalue weighted by Gasteiger charge is -2.31. The van der Waals surface area contributed by atoms with Crippen molar-refractivity contribution in [2.45, 2.75) is 38.6 Å². The minimum atomic E-state index is -0.112. The maximum absolute atomic E-state index is 13.4. The SMILES string of the molecule is CCNC(c1cccc(F)c1)C1CC2CCC1C2. The van der Waals surface area contributed by atoms with E-state index in [1.165, 1.54) is 31.7 Å². The number of halogens is 1. The normalized spacial score (nSPS) is 31.8. The molecule has 2 fully saturated rings. The molecule has 0 spiro atoms. The number of nitrogens with one attached hydrogen (secondary N) is 1. The van der Waals surface area contributed by atoms with Crippen LogP contribution in [0.5, 0.6) is 0 Å². The number of benzene rings is 1. The van der Waals surface area contributed by atoms with Crippen LogP contribution in [0.4, 0.5) is 4.39 Å². The maximum Gasteiger partial charge on any atom is 0.123 e. The fourth-order valence-corrected chi connectivity index (χ4v) is 4.14. The first-order valence-electron chi connectivity index (χ1n) is 7.26. The summed E-state index contributed by atoms with van der Waals surface area (Å²) < 4.78 is 13.4. The van der Waals surface area contributed by atoms with Crippen molar-refractivity contribution in [3.8, 4) is 0 Å². The average Bonchev–Trinajstić information content (AvgIpc) is 2.98. The molecule has 18 heavy (non-hydrogen) atoms. The summed E-state index contributed by atoms with van der Waals surface area (Å²) in [6, 6.07) is 7.50. The zero-order valence-electron chi connectivity index (χ0n) is 11.0. The molecule has 1 nitrogen and oxygen atoms in total. The smallest absolute Gasteiger partial charge is 0.123 e. The van der Waals surface area contributed by atoms with Gasteiger partial charge in [-0.05, 0) is 61.3 Å². The fraction of sp³-hybridized carbons (Fsp3) is 0.625. The molecule has 0 amide bonds. The van der Waals surface area contributed by atoms with E-state index in [-0.39, 0.29) is 5.82 Å². The summed E-state index contributed by atoms with van der Waals surface area (Å²) >= 11 is 0. The topological polar surface area (TPSA) is 12.0 Å². The zero-order chi connectivity index (χ0) is 12.5. The third kappa shape index (κ3) is 2.18. The molecule has 2 bridgehead atoms. The monoisotopic (exact) mass is 247 g/mol. The molecular weight excluding hydrogens is 225 g/mol. The third-order valence-corrected chi connectivity index (χ3v) is 4.85. The summed E-state index contributed by atoms with van der Waals surface area (Å²) in [5.74, 6) is 2.40. The van der Waals surface area contributed by atoms with E-state index in [0.717, 1.165) is 23.9 Å². The van der Waals surface area contributed by atoms with E-state index in [2.05, 4.69) is 18.3 Å². The minimum absolute atomic E-state index is 0.112. The Bertz CT molecular complexity index is 417. The molecule has 4 unspecified atom stereocenters. The van der Waals surface area contributed by atoms with Crippen molar-refractivity contribution in [1.82, 2.24) is 5.32 Å². The van der Waals surface area contributed by atoms with Gasteiger partial charge in [0.05, 0.1) is 0 Å². The average molecular weight is 247 g/mol. The molecule has 1 aromatic rings. The second-order valence-corrected chi connectivity index (χ2v) is 5.93. The van der Waals surface area contributed by atoms with Gasteiger partial charge >= 0.3 is 0 Å². The fourth-order valence-electron chi connectivity index (χ4n) is 4.14. The molecular formula is C16H22FN. The van der Waals surface area contributed by atoms with E-state index in [0.29, 0.717) is 12.0 Å². The third-order valence-electron chi connectivity index (χ3n) is 4.85. The van der Waals surface area contributed by atoms with Crippen LogP contribution < -0.4 is 5.32 Å². The van der Waals surface area contributed by atoms with Gasteiger partial charge in [-0.1, -0.05) is 25.5 Å². The highest BCUT2D eigenvalue weighted by Crippen LogP contribution is 2.52. The first-order valence-corrected chi connectivity index (χ1v) is 7.26. The Morgan fingerprint density at radius 3 is 2.83 bits per heavy atom. The first-order chi connectivity index (χ1) is 8.78. The van der Waals surface area contributed by atoms with Crippen LogP contribution in [0.3, 0.4) is 0 Å². The van der Waals surface area contributed by atoms with Crippen LogP contribution in [0.25, 0.3) is 0 Å². The second kappa shape index (κ2) is 5.00. The lowest BCUT2D eigenvalue weighted by Crippen LogP contribution is -2.31. The van der Waals surface area contributed by atoms with Crippen LogP contribution in [0.2, 0.25) is 0 Å². The molecule has 2 aliphatic rings. The van der Waals surface area contributed by atoms with E-state index < -0.39 is 0 Å². The van der Waals surface area contributed by atoms with Crippen LogP contribution >= 0.6 is 0 Å². The van der Waals surface area contributed by atoms with Gasteiger partial charge in [0.25, 0.3) is 0 Å². The van der Waals surface area contributed by atoms with Gasteiger partial charge in [-0.25, -0.2) is 4.39 Å². The van der Waals surface area contributed by atoms with Gasteiger partial charge in [-0.15, -0.1) is 0 Å². The molecule has 0 radical (unpaired) electrons. The van der Waals surface area contributed by atoms with E-state index in [1.807, 2.05) is 6.07 Å². The standard InChI is InChI=1S/C16H22FN/c1-2-18-16(13-4-3-5-14(17)10-13)15-9-11-6-7-12(15)8-11/h3-5,10-12,15-16,18H,2,6-9H2,1H3. The predicted octanol–water partition coefficient (Wildman–Crippen LogP) is 3.91. The molecule has 2 aliphatic carbocycles. The zero-order valence-corrected chi connectivity index (χ0v) is 11.0. The molecule has 3 rings (SSSR count). The van der Waals surface area contributed by atoms with Crippen molar-refractivity contribution in [2.75, 3.05) is 6.54 Å².